The van der Waals surface area contributed by atoms with Crippen molar-refractivity contribution in [2.75, 3.05) is 19.6 Å². The van der Waals surface area contributed by atoms with Crippen LogP contribution in [0.4, 0.5) is 0 Å². The van der Waals surface area contributed by atoms with Gasteiger partial charge in [0, 0.05) is 49.7 Å². The Morgan fingerprint density at radius 2 is 1.60 bits per heavy atom. The molecular weight excluding hydrogens is 392 g/mol. The lowest BCUT2D eigenvalue weighted by atomic mass is 10.0. The molecule has 0 unspecified atom stereocenters. The minimum absolute atomic E-state index is 0.166. The molecule has 1 fully saturated rings. The molecule has 1 aliphatic rings. The zero-order valence-corrected chi connectivity index (χ0v) is 18.1. The lowest BCUT2D eigenvalue weighted by Gasteiger charge is -2.41. The summed E-state index contributed by atoms with van der Waals surface area (Å²) in [5.41, 5.74) is 4.75. The smallest absolute Gasteiger partial charge is 0.219 e. The van der Waals surface area contributed by atoms with E-state index in [1.165, 1.54) is 11.1 Å². The summed E-state index contributed by atoms with van der Waals surface area (Å²) in [6.45, 7) is 5.14. The van der Waals surface area contributed by atoms with Gasteiger partial charge in [0.1, 0.15) is 0 Å². The molecule has 3 aromatic carbocycles. The first kappa shape index (κ1) is 20.6. The highest BCUT2D eigenvalue weighted by Gasteiger charge is 2.28. The molecule has 0 saturated carbocycles. The molecule has 3 aromatic rings. The van der Waals surface area contributed by atoms with Crippen molar-refractivity contribution < 1.29 is 4.79 Å². The predicted molar refractivity (Wildman–Crippen MR) is 123 cm³/mol. The largest absolute Gasteiger partial charge is 0.337 e. The van der Waals surface area contributed by atoms with Gasteiger partial charge < -0.3 is 4.90 Å². The van der Waals surface area contributed by atoms with Crippen LogP contribution >= 0.6 is 11.6 Å². The van der Waals surface area contributed by atoms with Gasteiger partial charge in [0.25, 0.3) is 0 Å². The molecule has 4 heteroatoms. The van der Waals surface area contributed by atoms with Gasteiger partial charge in [-0.25, -0.2) is 0 Å². The van der Waals surface area contributed by atoms with Gasteiger partial charge in [-0.2, -0.15) is 0 Å². The predicted octanol–water partition coefficient (Wildman–Crippen LogP) is 5.28. The van der Waals surface area contributed by atoms with E-state index >= 15 is 0 Å². The molecule has 154 valence electrons. The number of carbonyl (C=O) groups is 1. The lowest BCUT2D eigenvalue weighted by Crippen LogP contribution is -2.55. The van der Waals surface area contributed by atoms with Crippen LogP contribution in [0.25, 0.3) is 11.1 Å². The van der Waals surface area contributed by atoms with Crippen molar-refractivity contribution in [1.82, 2.24) is 9.80 Å². The first-order valence-corrected chi connectivity index (χ1v) is 10.9. The van der Waals surface area contributed by atoms with E-state index in [1.54, 1.807) is 6.92 Å². The number of amides is 1. The summed E-state index contributed by atoms with van der Waals surface area (Å²) in [5, 5.41) is 0.773. The molecular formula is C26H27ClN2O. The van der Waals surface area contributed by atoms with Gasteiger partial charge >= 0.3 is 0 Å². The quantitative estimate of drug-likeness (QED) is 0.562. The Morgan fingerprint density at radius 3 is 2.30 bits per heavy atom. The minimum Gasteiger partial charge on any atom is -0.337 e. The number of halogens is 1. The first-order valence-electron chi connectivity index (χ1n) is 10.5. The van der Waals surface area contributed by atoms with Crippen LogP contribution in [0.2, 0.25) is 5.02 Å². The van der Waals surface area contributed by atoms with Crippen molar-refractivity contribution in [3.05, 3.63) is 95.0 Å². The van der Waals surface area contributed by atoms with Crippen molar-refractivity contribution in [1.29, 1.82) is 0 Å². The average Bonchev–Trinajstić information content (AvgIpc) is 2.75. The summed E-state index contributed by atoms with van der Waals surface area (Å²) in [6.07, 6.45) is 0.891. The molecule has 3 nitrogen and oxygen atoms in total. The van der Waals surface area contributed by atoms with E-state index < -0.39 is 0 Å². The number of benzene rings is 3. The maximum Gasteiger partial charge on any atom is 0.219 e. The fourth-order valence-corrected chi connectivity index (χ4v) is 4.53. The second-order valence-corrected chi connectivity index (χ2v) is 8.38. The highest BCUT2D eigenvalue weighted by atomic mass is 35.5. The Morgan fingerprint density at radius 1 is 0.900 bits per heavy atom. The third kappa shape index (κ3) is 4.92. The highest BCUT2D eigenvalue weighted by molar-refractivity contribution is 6.33. The monoisotopic (exact) mass is 418 g/mol. The second-order valence-electron chi connectivity index (χ2n) is 7.97. The number of nitrogens with zero attached hydrogens (tertiary/aromatic N) is 2. The van der Waals surface area contributed by atoms with Gasteiger partial charge in [-0.1, -0.05) is 84.4 Å². The maximum absolute atomic E-state index is 12.2. The van der Waals surface area contributed by atoms with E-state index in [0.29, 0.717) is 0 Å². The molecule has 4 rings (SSSR count). The van der Waals surface area contributed by atoms with Crippen LogP contribution in [0, 0.1) is 0 Å². The molecule has 0 aliphatic carbocycles. The van der Waals surface area contributed by atoms with Gasteiger partial charge in [-0.15, -0.1) is 0 Å². The highest BCUT2D eigenvalue weighted by Crippen LogP contribution is 2.28. The SMILES string of the molecule is CC(=O)N1CCN(Cc2ccc(-c3ccccc3Cl)cc2)C[C@H]1Cc1ccccc1. The Hall–Kier alpha value is -2.62. The van der Waals surface area contributed by atoms with Crippen LogP contribution in [0.1, 0.15) is 18.1 Å². The Kier molecular flexibility index (Phi) is 6.51. The van der Waals surface area contributed by atoms with Crippen molar-refractivity contribution in [2.45, 2.75) is 25.9 Å². The summed E-state index contributed by atoms with van der Waals surface area (Å²) in [7, 11) is 0. The third-order valence-corrected chi connectivity index (χ3v) is 6.16. The van der Waals surface area contributed by atoms with Crippen molar-refractivity contribution >= 4 is 17.5 Å². The molecule has 0 bridgehead atoms. The fraction of sp³-hybridized carbons (Fsp3) is 0.269. The number of hydrogen-bond acceptors (Lipinski definition) is 2. The van der Waals surface area contributed by atoms with Crippen LogP contribution in [0.15, 0.2) is 78.9 Å². The summed E-state index contributed by atoms with van der Waals surface area (Å²) in [4.78, 5) is 16.6. The molecule has 0 aromatic heterocycles. The molecule has 1 heterocycles. The van der Waals surface area contributed by atoms with Gasteiger partial charge in [-0.05, 0) is 29.2 Å². The molecule has 0 N–H and O–H groups in total. The Balaban J connectivity index is 1.44. The summed E-state index contributed by atoms with van der Waals surface area (Å²) in [6, 6.07) is 27.2. The van der Waals surface area contributed by atoms with E-state index in [9.17, 15) is 4.79 Å². The first-order chi connectivity index (χ1) is 14.6. The average molecular weight is 419 g/mol. The van der Waals surface area contributed by atoms with Crippen LogP contribution in [0.3, 0.4) is 0 Å². The van der Waals surface area contributed by atoms with Crippen LogP contribution < -0.4 is 0 Å². The van der Waals surface area contributed by atoms with E-state index in [0.717, 1.165) is 48.7 Å². The standard InChI is InChI=1S/C26H27ClN2O/c1-20(30)29-16-15-28(19-24(29)17-21-7-3-2-4-8-21)18-22-11-13-23(14-12-22)25-9-5-6-10-26(25)27/h2-14,24H,15-19H2,1H3/t24-/m1/s1. The summed E-state index contributed by atoms with van der Waals surface area (Å²) in [5.74, 6) is 0.166. The fourth-order valence-electron chi connectivity index (χ4n) is 4.28. The Labute approximate surface area is 183 Å². The molecule has 0 spiro atoms. The molecule has 1 amide bonds. The third-order valence-electron chi connectivity index (χ3n) is 5.83. The van der Waals surface area contributed by atoms with Crippen molar-refractivity contribution in [3.8, 4) is 11.1 Å². The zero-order chi connectivity index (χ0) is 20.9. The van der Waals surface area contributed by atoms with Crippen molar-refractivity contribution in [3.63, 3.8) is 0 Å². The topological polar surface area (TPSA) is 23.6 Å². The van der Waals surface area contributed by atoms with Crippen LogP contribution in [-0.2, 0) is 17.8 Å². The van der Waals surface area contributed by atoms with E-state index in [2.05, 4.69) is 53.4 Å². The lowest BCUT2D eigenvalue weighted by molar-refractivity contribution is -0.133. The van der Waals surface area contributed by atoms with Crippen LogP contribution in [0.5, 0.6) is 0 Å². The minimum atomic E-state index is 0.166. The van der Waals surface area contributed by atoms with Crippen molar-refractivity contribution in [2.24, 2.45) is 0 Å². The maximum atomic E-state index is 12.2. The Bertz CT molecular complexity index is 987. The molecule has 1 atom stereocenters. The molecule has 1 aliphatic heterocycles. The van der Waals surface area contributed by atoms with Crippen LogP contribution in [-0.4, -0.2) is 41.4 Å². The van der Waals surface area contributed by atoms with E-state index in [-0.39, 0.29) is 11.9 Å². The second kappa shape index (κ2) is 9.46. The molecule has 0 radical (unpaired) electrons. The summed E-state index contributed by atoms with van der Waals surface area (Å²) >= 11 is 6.34. The molecule has 30 heavy (non-hydrogen) atoms. The van der Waals surface area contributed by atoms with E-state index in [4.69, 9.17) is 11.6 Å². The van der Waals surface area contributed by atoms with Gasteiger partial charge in [0.15, 0.2) is 0 Å². The van der Waals surface area contributed by atoms with Gasteiger partial charge in [-0.3, -0.25) is 9.69 Å². The van der Waals surface area contributed by atoms with Gasteiger partial charge in [0.2, 0.25) is 5.91 Å². The normalized spacial score (nSPS) is 17.1. The number of hydrogen-bond donors (Lipinski definition) is 0. The zero-order valence-electron chi connectivity index (χ0n) is 17.3. The number of carbonyl (C=O) groups excluding carboxylic acids is 1. The van der Waals surface area contributed by atoms with Gasteiger partial charge in [0.05, 0.1) is 0 Å². The number of rotatable bonds is 5. The van der Waals surface area contributed by atoms with E-state index in [1.807, 2.05) is 35.2 Å². The number of piperazine rings is 1. The molecule has 1 saturated heterocycles. The summed E-state index contributed by atoms with van der Waals surface area (Å²) < 4.78 is 0.